The highest BCUT2D eigenvalue weighted by Gasteiger charge is 2.50. The summed E-state index contributed by atoms with van der Waals surface area (Å²) in [6.07, 6.45) is 0.923. The Morgan fingerprint density at radius 3 is 2.14 bits per heavy atom. The average molecular weight is 535 g/mol. The molecule has 2 atom stereocenters. The molecule has 2 N–H and O–H groups in total. The lowest BCUT2D eigenvalue weighted by Crippen LogP contribution is -2.57. The van der Waals surface area contributed by atoms with Crippen molar-refractivity contribution in [3.63, 3.8) is 0 Å². The number of rotatable bonds is 12. The zero-order valence-electron chi connectivity index (χ0n) is 22.9. The van der Waals surface area contributed by atoms with Gasteiger partial charge in [-0.15, -0.1) is 0 Å². The van der Waals surface area contributed by atoms with E-state index in [9.17, 15) is 18.6 Å². The second-order valence-corrected chi connectivity index (χ2v) is 11.6. The molecule has 0 aromatic heterocycles. The molecular weight excluding hydrogens is 493 g/mol. The topological polar surface area (TPSA) is 151 Å². The summed E-state index contributed by atoms with van der Waals surface area (Å²) < 4.78 is 43.0. The predicted octanol–water partition coefficient (Wildman–Crippen LogP) is 2.72. The number of carbonyl (C=O) groups excluding carboxylic acids is 3. The van der Waals surface area contributed by atoms with E-state index < -0.39 is 51.2 Å². The summed E-state index contributed by atoms with van der Waals surface area (Å²) in [5.74, 6) is -1.18. The molecule has 0 aromatic carbocycles. The minimum Gasteiger partial charge on any atom is -0.464 e. The smallest absolute Gasteiger partial charge is 0.457 e. The fourth-order valence-electron chi connectivity index (χ4n) is 3.41. The van der Waals surface area contributed by atoms with E-state index >= 15 is 0 Å². The molecule has 208 valence electrons. The van der Waals surface area contributed by atoms with E-state index in [0.717, 1.165) is 0 Å². The molecule has 1 fully saturated rings. The maximum absolute atomic E-state index is 12.9. The van der Waals surface area contributed by atoms with E-state index in [1.54, 1.807) is 27.7 Å². The zero-order chi connectivity index (χ0) is 27.8. The van der Waals surface area contributed by atoms with Crippen molar-refractivity contribution in [2.75, 3.05) is 13.2 Å². The second kappa shape index (κ2) is 13.1. The molecule has 2 amide bonds. The second-order valence-electron chi connectivity index (χ2n) is 10.6. The van der Waals surface area contributed by atoms with Crippen LogP contribution >= 0.6 is 0 Å². The molecule has 0 aliphatic carbocycles. The van der Waals surface area contributed by atoms with Crippen LogP contribution in [0.25, 0.3) is 0 Å². The number of nitrogens with zero attached hydrogens (tertiary/aromatic N) is 1. The minimum absolute atomic E-state index is 0.0803. The molecule has 1 aliphatic rings. The van der Waals surface area contributed by atoms with Gasteiger partial charge in [0.2, 0.25) is 5.91 Å². The summed E-state index contributed by atoms with van der Waals surface area (Å²) in [4.78, 5) is 36.5. The maximum Gasteiger partial charge on any atom is 0.457 e. The summed E-state index contributed by atoms with van der Waals surface area (Å²) in [7, 11) is -3.15. The Morgan fingerprint density at radius 1 is 1.06 bits per heavy atom. The lowest BCUT2D eigenvalue weighted by Gasteiger charge is -2.32. The number of hydrogen-bond donors (Lipinski definition) is 3. The van der Waals surface area contributed by atoms with Gasteiger partial charge in [0.05, 0.1) is 24.4 Å². The average Bonchev–Trinajstić information content (AvgIpc) is 2.92. The monoisotopic (exact) mass is 535 g/mol. The SMILES string of the molecule is CCOC(=O)C(CCCCB1OC(C)(C)C(C)(C)O1)(CN=[SH](=O)ONC(=O)OC(C)(C)C)NC(C)=O. The van der Waals surface area contributed by atoms with Gasteiger partial charge in [-0.3, -0.25) is 4.79 Å². The van der Waals surface area contributed by atoms with Crippen molar-refractivity contribution in [2.45, 2.75) is 110 Å². The van der Waals surface area contributed by atoms with E-state index in [2.05, 4.69) is 9.68 Å². The fraction of sp³-hybridized carbons (Fsp3) is 0.864. The molecule has 12 nitrogen and oxygen atoms in total. The highest BCUT2D eigenvalue weighted by molar-refractivity contribution is 7.69. The molecule has 2 unspecified atom stereocenters. The third-order valence-electron chi connectivity index (χ3n) is 5.74. The Kier molecular flexibility index (Phi) is 11.7. The van der Waals surface area contributed by atoms with E-state index in [4.69, 9.17) is 23.1 Å². The molecule has 1 aliphatic heterocycles. The van der Waals surface area contributed by atoms with E-state index in [1.165, 1.54) is 6.92 Å². The van der Waals surface area contributed by atoms with Gasteiger partial charge in [-0.05, 0) is 68.1 Å². The van der Waals surface area contributed by atoms with Crippen LogP contribution in [0.1, 0.15) is 81.6 Å². The van der Waals surface area contributed by atoms with Gasteiger partial charge >= 0.3 is 19.2 Å². The van der Waals surface area contributed by atoms with Crippen molar-refractivity contribution >= 4 is 36.0 Å². The van der Waals surface area contributed by atoms with Crippen molar-refractivity contribution in [2.24, 2.45) is 4.36 Å². The molecular formula is C22H42BN3O9S. The quantitative estimate of drug-likeness (QED) is 0.113. The number of hydroxylamine groups is 1. The van der Waals surface area contributed by atoms with Crippen LogP contribution in [0.4, 0.5) is 4.79 Å². The van der Waals surface area contributed by atoms with Gasteiger partial charge in [-0.2, -0.15) is 9.76 Å². The number of carbonyl (C=O) groups is 3. The minimum atomic E-state index is -2.76. The Bertz CT molecular complexity index is 853. The molecule has 0 radical (unpaired) electrons. The first-order valence-corrected chi connectivity index (χ1v) is 13.2. The summed E-state index contributed by atoms with van der Waals surface area (Å²) >= 11 is 0. The molecule has 36 heavy (non-hydrogen) atoms. The van der Waals surface area contributed by atoms with E-state index in [-0.39, 0.29) is 26.7 Å². The standard InChI is InChI=1S/C22H42BN3O9S/c1-10-31-17(28)22(25-16(2)27,15-24-36(30)35-26-18(29)32-19(3,4)5)13-11-12-14-23-33-20(6,7)21(8,9)34-23/h36H,10-15H2,1-9H3,(H,25,27)(H,26,29). The molecule has 14 heteroatoms. The van der Waals surface area contributed by atoms with Gasteiger partial charge in [0.25, 0.3) is 0 Å². The van der Waals surface area contributed by atoms with Crippen molar-refractivity contribution in [1.29, 1.82) is 0 Å². The lowest BCUT2D eigenvalue weighted by atomic mass is 9.80. The van der Waals surface area contributed by atoms with Crippen LogP contribution in [0.3, 0.4) is 0 Å². The van der Waals surface area contributed by atoms with Gasteiger partial charge in [0.15, 0.2) is 16.4 Å². The zero-order valence-corrected chi connectivity index (χ0v) is 23.8. The Labute approximate surface area is 216 Å². The number of nitrogens with one attached hydrogen (secondary N) is 2. The van der Waals surface area contributed by atoms with Crippen LogP contribution < -0.4 is 10.8 Å². The van der Waals surface area contributed by atoms with Gasteiger partial charge in [-0.1, -0.05) is 12.8 Å². The van der Waals surface area contributed by atoms with Crippen molar-refractivity contribution in [3.8, 4) is 0 Å². The summed E-state index contributed by atoms with van der Waals surface area (Å²) in [6.45, 7) is 15.5. The van der Waals surface area contributed by atoms with Crippen LogP contribution in [-0.2, 0) is 43.5 Å². The maximum atomic E-state index is 12.9. The Balaban J connectivity index is 2.86. The first-order valence-electron chi connectivity index (χ1n) is 12.1. The predicted molar refractivity (Wildman–Crippen MR) is 135 cm³/mol. The fourth-order valence-corrected chi connectivity index (χ4v) is 3.98. The molecule has 1 heterocycles. The van der Waals surface area contributed by atoms with E-state index in [0.29, 0.717) is 19.2 Å². The number of ether oxygens (including phenoxy) is 2. The lowest BCUT2D eigenvalue weighted by molar-refractivity contribution is -0.153. The van der Waals surface area contributed by atoms with Crippen LogP contribution in [0, 0.1) is 0 Å². The third kappa shape index (κ3) is 10.2. The van der Waals surface area contributed by atoms with Gasteiger partial charge in [-0.25, -0.2) is 18.2 Å². The molecule has 1 rings (SSSR count). The van der Waals surface area contributed by atoms with Gasteiger partial charge in [0.1, 0.15) is 5.60 Å². The molecule has 0 bridgehead atoms. The van der Waals surface area contributed by atoms with Crippen molar-refractivity contribution in [1.82, 2.24) is 10.8 Å². The van der Waals surface area contributed by atoms with Gasteiger partial charge in [0, 0.05) is 6.92 Å². The summed E-state index contributed by atoms with van der Waals surface area (Å²) in [5.41, 5.74) is -1.33. The first kappa shape index (κ1) is 32.1. The number of thiol groups is 1. The van der Waals surface area contributed by atoms with Crippen LogP contribution in [0.5, 0.6) is 0 Å². The Hall–Kier alpha value is -1.90. The number of esters is 1. The van der Waals surface area contributed by atoms with Crippen molar-refractivity contribution in [3.05, 3.63) is 0 Å². The third-order valence-corrected chi connectivity index (χ3v) is 6.36. The highest BCUT2D eigenvalue weighted by atomic mass is 32.2. The van der Waals surface area contributed by atoms with Crippen LogP contribution in [-0.4, -0.2) is 64.8 Å². The number of amides is 2. The molecule has 0 aromatic rings. The first-order chi connectivity index (χ1) is 16.4. The molecule has 0 spiro atoms. The highest BCUT2D eigenvalue weighted by Crippen LogP contribution is 2.38. The summed E-state index contributed by atoms with van der Waals surface area (Å²) in [5, 5.41) is 2.62. The van der Waals surface area contributed by atoms with Crippen molar-refractivity contribution < 1.29 is 41.7 Å². The molecule has 1 saturated heterocycles. The number of unbranched alkanes of at least 4 members (excludes halogenated alkanes) is 1. The normalized spacial score (nSPS) is 19.3. The van der Waals surface area contributed by atoms with E-state index in [1.807, 2.05) is 33.2 Å². The van der Waals surface area contributed by atoms with Gasteiger partial charge < -0.3 is 24.1 Å². The molecule has 0 saturated carbocycles. The largest absolute Gasteiger partial charge is 0.464 e. The van der Waals surface area contributed by atoms with Crippen LogP contribution in [0.2, 0.25) is 6.32 Å². The Morgan fingerprint density at radius 2 is 1.64 bits per heavy atom. The van der Waals surface area contributed by atoms with Crippen LogP contribution in [0.15, 0.2) is 4.36 Å². The summed E-state index contributed by atoms with van der Waals surface area (Å²) in [6, 6.07) is 0. The number of hydrogen-bond acceptors (Lipinski definition) is 10.